The van der Waals surface area contributed by atoms with E-state index in [0.29, 0.717) is 19.4 Å². The standard InChI is InChI=1S/C28H32N2O3/c31-28(29-26-11-6-24(7-12-26)16-17-30-18-20-32-21-19-30)15-10-23-8-13-27(14-9-23)33-22-25-4-2-1-3-5-25/h1-9,11-14H,10,15-22H2,(H,29,31). The second-order valence-electron chi connectivity index (χ2n) is 8.37. The summed E-state index contributed by atoms with van der Waals surface area (Å²) in [6.07, 6.45) is 2.16. The van der Waals surface area contributed by atoms with Crippen LogP contribution in [0, 0.1) is 0 Å². The first kappa shape index (κ1) is 23.0. The van der Waals surface area contributed by atoms with Crippen LogP contribution in [0.3, 0.4) is 0 Å². The van der Waals surface area contributed by atoms with Crippen LogP contribution in [0.1, 0.15) is 23.1 Å². The van der Waals surface area contributed by atoms with Crippen molar-refractivity contribution in [2.45, 2.75) is 25.9 Å². The molecule has 0 bridgehead atoms. The maximum absolute atomic E-state index is 12.4. The first-order valence-corrected chi connectivity index (χ1v) is 11.7. The zero-order valence-corrected chi connectivity index (χ0v) is 19.0. The van der Waals surface area contributed by atoms with Gasteiger partial charge in [-0.15, -0.1) is 0 Å². The highest BCUT2D eigenvalue weighted by molar-refractivity contribution is 5.90. The molecule has 5 nitrogen and oxygen atoms in total. The van der Waals surface area contributed by atoms with Crippen molar-refractivity contribution in [1.29, 1.82) is 0 Å². The lowest BCUT2D eigenvalue weighted by Crippen LogP contribution is -2.37. The van der Waals surface area contributed by atoms with E-state index in [1.165, 1.54) is 5.56 Å². The van der Waals surface area contributed by atoms with Gasteiger partial charge >= 0.3 is 0 Å². The number of nitrogens with one attached hydrogen (secondary N) is 1. The number of aryl methyl sites for hydroxylation is 1. The maximum Gasteiger partial charge on any atom is 0.224 e. The summed E-state index contributed by atoms with van der Waals surface area (Å²) in [4.78, 5) is 14.8. The molecular weight excluding hydrogens is 412 g/mol. The van der Waals surface area contributed by atoms with Gasteiger partial charge in [0.2, 0.25) is 5.91 Å². The van der Waals surface area contributed by atoms with Crippen LogP contribution in [0.2, 0.25) is 0 Å². The SMILES string of the molecule is O=C(CCc1ccc(OCc2ccccc2)cc1)Nc1ccc(CCN2CCOCC2)cc1. The summed E-state index contributed by atoms with van der Waals surface area (Å²) in [6.45, 7) is 5.28. The van der Waals surface area contributed by atoms with Crippen molar-refractivity contribution < 1.29 is 14.3 Å². The zero-order valence-electron chi connectivity index (χ0n) is 19.0. The number of ether oxygens (including phenoxy) is 2. The first-order chi connectivity index (χ1) is 16.2. The molecule has 0 unspecified atom stereocenters. The van der Waals surface area contributed by atoms with Crippen LogP contribution >= 0.6 is 0 Å². The van der Waals surface area contributed by atoms with E-state index in [4.69, 9.17) is 9.47 Å². The van der Waals surface area contributed by atoms with E-state index in [1.54, 1.807) is 0 Å². The summed E-state index contributed by atoms with van der Waals surface area (Å²) in [5.74, 6) is 0.862. The molecule has 1 aliphatic heterocycles. The molecule has 33 heavy (non-hydrogen) atoms. The largest absolute Gasteiger partial charge is 0.489 e. The fourth-order valence-corrected chi connectivity index (χ4v) is 3.84. The molecule has 4 rings (SSSR count). The highest BCUT2D eigenvalue weighted by atomic mass is 16.5. The quantitative estimate of drug-likeness (QED) is 0.492. The summed E-state index contributed by atoms with van der Waals surface area (Å²) >= 11 is 0. The molecule has 172 valence electrons. The molecule has 0 saturated carbocycles. The average molecular weight is 445 g/mol. The van der Waals surface area contributed by atoms with Crippen LogP contribution in [-0.2, 0) is 29.0 Å². The lowest BCUT2D eigenvalue weighted by Gasteiger charge is -2.26. The van der Waals surface area contributed by atoms with E-state index >= 15 is 0 Å². The average Bonchev–Trinajstić information content (AvgIpc) is 2.88. The molecule has 3 aromatic rings. The molecule has 0 spiro atoms. The van der Waals surface area contributed by atoms with E-state index in [9.17, 15) is 4.79 Å². The summed E-state index contributed by atoms with van der Waals surface area (Å²) < 4.78 is 11.2. The number of morpholine rings is 1. The molecule has 3 aromatic carbocycles. The predicted octanol–water partition coefficient (Wildman–Crippen LogP) is 4.71. The number of carbonyl (C=O) groups excluding carboxylic acids is 1. The van der Waals surface area contributed by atoms with Gasteiger partial charge in [0.05, 0.1) is 13.2 Å². The highest BCUT2D eigenvalue weighted by Gasteiger charge is 2.10. The van der Waals surface area contributed by atoms with E-state index in [1.807, 2.05) is 66.7 Å². The Balaban J connectivity index is 1.16. The number of rotatable bonds is 10. The van der Waals surface area contributed by atoms with Crippen molar-refractivity contribution in [3.8, 4) is 5.75 Å². The Bertz CT molecular complexity index is 982. The summed E-state index contributed by atoms with van der Waals surface area (Å²) in [7, 11) is 0. The topological polar surface area (TPSA) is 50.8 Å². The van der Waals surface area contributed by atoms with E-state index in [-0.39, 0.29) is 5.91 Å². The third-order valence-corrected chi connectivity index (χ3v) is 5.87. The van der Waals surface area contributed by atoms with Gasteiger partial charge in [-0.2, -0.15) is 0 Å². The molecule has 0 aliphatic carbocycles. The Morgan fingerprint density at radius 1 is 0.818 bits per heavy atom. The molecule has 0 radical (unpaired) electrons. The highest BCUT2D eigenvalue weighted by Crippen LogP contribution is 2.16. The Hall–Kier alpha value is -3.15. The summed E-state index contributed by atoms with van der Waals surface area (Å²) in [5.41, 5.74) is 4.40. The minimum absolute atomic E-state index is 0.0282. The van der Waals surface area contributed by atoms with Gasteiger partial charge in [-0.25, -0.2) is 0 Å². The van der Waals surface area contributed by atoms with E-state index < -0.39 is 0 Å². The summed E-state index contributed by atoms with van der Waals surface area (Å²) in [6, 6.07) is 26.3. The van der Waals surface area contributed by atoms with E-state index in [2.05, 4.69) is 22.3 Å². The monoisotopic (exact) mass is 444 g/mol. The molecule has 1 saturated heterocycles. The number of benzene rings is 3. The van der Waals surface area contributed by atoms with Gasteiger partial charge in [0.15, 0.2) is 0 Å². The zero-order chi connectivity index (χ0) is 22.7. The fourth-order valence-electron chi connectivity index (χ4n) is 3.84. The predicted molar refractivity (Wildman–Crippen MR) is 132 cm³/mol. The molecule has 0 atom stereocenters. The van der Waals surface area contributed by atoms with Crippen molar-refractivity contribution in [2.24, 2.45) is 0 Å². The third kappa shape index (κ3) is 7.74. The molecule has 5 heteroatoms. The van der Waals surface area contributed by atoms with Crippen molar-refractivity contribution in [3.63, 3.8) is 0 Å². The molecule has 1 N–H and O–H groups in total. The van der Waals surface area contributed by atoms with Crippen LogP contribution in [0.25, 0.3) is 0 Å². The molecule has 1 aliphatic rings. The first-order valence-electron chi connectivity index (χ1n) is 11.7. The molecule has 0 aromatic heterocycles. The fraction of sp³-hybridized carbons (Fsp3) is 0.321. The smallest absolute Gasteiger partial charge is 0.224 e. The third-order valence-electron chi connectivity index (χ3n) is 5.87. The Morgan fingerprint density at radius 2 is 1.48 bits per heavy atom. The van der Waals surface area contributed by atoms with Crippen molar-refractivity contribution in [3.05, 3.63) is 95.6 Å². The molecular formula is C28H32N2O3. The minimum atomic E-state index is 0.0282. The van der Waals surface area contributed by atoms with E-state index in [0.717, 1.165) is 61.8 Å². The van der Waals surface area contributed by atoms with Crippen LogP contribution < -0.4 is 10.1 Å². The van der Waals surface area contributed by atoms with Gasteiger partial charge in [0, 0.05) is 31.7 Å². The molecule has 1 amide bonds. The van der Waals surface area contributed by atoms with Crippen LogP contribution in [0.5, 0.6) is 5.75 Å². The number of anilines is 1. The minimum Gasteiger partial charge on any atom is -0.489 e. The maximum atomic E-state index is 12.4. The van der Waals surface area contributed by atoms with Gasteiger partial charge < -0.3 is 14.8 Å². The van der Waals surface area contributed by atoms with Crippen molar-refractivity contribution in [1.82, 2.24) is 4.90 Å². The van der Waals surface area contributed by atoms with Gasteiger partial charge in [-0.05, 0) is 53.8 Å². The van der Waals surface area contributed by atoms with Crippen LogP contribution in [-0.4, -0.2) is 43.7 Å². The van der Waals surface area contributed by atoms with Crippen LogP contribution in [0.15, 0.2) is 78.9 Å². The second-order valence-corrected chi connectivity index (χ2v) is 8.37. The number of amides is 1. The van der Waals surface area contributed by atoms with Crippen molar-refractivity contribution >= 4 is 11.6 Å². The number of carbonyl (C=O) groups is 1. The second kappa shape index (κ2) is 12.2. The number of nitrogens with zero attached hydrogens (tertiary/aromatic N) is 1. The van der Waals surface area contributed by atoms with Gasteiger partial charge in [-0.1, -0.05) is 54.6 Å². The normalized spacial score (nSPS) is 14.1. The molecule has 1 fully saturated rings. The lowest BCUT2D eigenvalue weighted by molar-refractivity contribution is -0.116. The number of hydrogen-bond acceptors (Lipinski definition) is 4. The van der Waals surface area contributed by atoms with Gasteiger partial charge in [0.25, 0.3) is 0 Å². The Morgan fingerprint density at radius 3 is 2.21 bits per heavy atom. The Labute approximate surface area is 196 Å². The van der Waals surface area contributed by atoms with Crippen LogP contribution in [0.4, 0.5) is 5.69 Å². The number of hydrogen-bond donors (Lipinski definition) is 1. The summed E-state index contributed by atoms with van der Waals surface area (Å²) in [5, 5.41) is 3.00. The van der Waals surface area contributed by atoms with Gasteiger partial charge in [-0.3, -0.25) is 9.69 Å². The van der Waals surface area contributed by atoms with Crippen molar-refractivity contribution in [2.75, 3.05) is 38.2 Å². The Kier molecular flexibility index (Phi) is 8.50. The lowest BCUT2D eigenvalue weighted by atomic mass is 10.1. The molecule has 1 heterocycles. The van der Waals surface area contributed by atoms with Gasteiger partial charge in [0.1, 0.15) is 12.4 Å².